The van der Waals surface area contributed by atoms with Crippen molar-refractivity contribution in [1.82, 2.24) is 19.9 Å². The topological polar surface area (TPSA) is 87.1 Å². The molecule has 7 nitrogen and oxygen atoms in total. The van der Waals surface area contributed by atoms with Crippen molar-refractivity contribution in [2.24, 2.45) is 0 Å². The van der Waals surface area contributed by atoms with Gasteiger partial charge in [-0.2, -0.15) is 0 Å². The van der Waals surface area contributed by atoms with Crippen molar-refractivity contribution in [3.63, 3.8) is 0 Å². The summed E-state index contributed by atoms with van der Waals surface area (Å²) in [5.74, 6) is 0.304. The maximum absolute atomic E-state index is 13.3. The number of furan rings is 1. The lowest BCUT2D eigenvalue weighted by Gasteiger charge is -2.26. The largest absolute Gasteiger partial charge is 0.459 e. The maximum atomic E-state index is 13.3. The van der Waals surface area contributed by atoms with Gasteiger partial charge in [-0.15, -0.1) is 0 Å². The van der Waals surface area contributed by atoms with Crippen molar-refractivity contribution in [1.29, 1.82) is 0 Å². The van der Waals surface area contributed by atoms with Gasteiger partial charge in [0.1, 0.15) is 0 Å². The number of hydrogen-bond acceptors (Lipinski definition) is 5. The van der Waals surface area contributed by atoms with Crippen LogP contribution in [-0.4, -0.2) is 32.3 Å². The summed E-state index contributed by atoms with van der Waals surface area (Å²) in [6.45, 7) is 1.71. The van der Waals surface area contributed by atoms with Gasteiger partial charge in [0, 0.05) is 53.3 Å². The molecular weight excluding hydrogens is 402 g/mol. The van der Waals surface area contributed by atoms with Crippen molar-refractivity contribution in [2.75, 3.05) is 11.9 Å². The first-order valence-corrected chi connectivity index (χ1v) is 10.6. The van der Waals surface area contributed by atoms with E-state index >= 15 is 0 Å². The molecule has 0 spiro atoms. The van der Waals surface area contributed by atoms with Crippen LogP contribution >= 0.6 is 0 Å². The number of para-hydroxylation sites is 1. The highest BCUT2D eigenvalue weighted by atomic mass is 16.3. The van der Waals surface area contributed by atoms with Crippen LogP contribution in [0, 0.1) is 0 Å². The van der Waals surface area contributed by atoms with Gasteiger partial charge in [0.05, 0.1) is 23.8 Å². The molecule has 0 aliphatic carbocycles. The van der Waals surface area contributed by atoms with Crippen LogP contribution in [0.3, 0.4) is 0 Å². The van der Waals surface area contributed by atoms with Crippen molar-refractivity contribution in [3.8, 4) is 0 Å². The predicted octanol–water partition coefficient (Wildman–Crippen LogP) is 4.51. The highest BCUT2D eigenvalue weighted by molar-refractivity contribution is 5.94. The number of fused-ring (bicyclic) bond motifs is 4. The van der Waals surface area contributed by atoms with Crippen LogP contribution in [0.15, 0.2) is 71.6 Å². The number of H-pyrrole nitrogens is 1. The molecule has 0 saturated heterocycles. The van der Waals surface area contributed by atoms with Gasteiger partial charge in [0.15, 0.2) is 5.76 Å². The summed E-state index contributed by atoms with van der Waals surface area (Å²) in [5.41, 5.74) is 6.95. The van der Waals surface area contributed by atoms with Crippen molar-refractivity contribution < 1.29 is 9.21 Å². The number of carbonyl (C=O) groups is 1. The van der Waals surface area contributed by atoms with Gasteiger partial charge in [-0.25, -0.2) is 0 Å². The average Bonchev–Trinajstić information content (AvgIpc) is 3.46. The lowest BCUT2D eigenvalue weighted by atomic mass is 10.0. The first-order chi connectivity index (χ1) is 15.8. The molecule has 1 aliphatic rings. The Bertz CT molecular complexity index is 1450. The fraction of sp³-hybridized carbons (Fsp3) is 0.160. The van der Waals surface area contributed by atoms with Crippen LogP contribution in [0.1, 0.15) is 27.4 Å². The Morgan fingerprint density at radius 1 is 1.09 bits per heavy atom. The Morgan fingerprint density at radius 2 is 1.97 bits per heavy atom. The van der Waals surface area contributed by atoms with E-state index in [0.29, 0.717) is 25.4 Å². The number of nitrogens with zero attached hydrogens (tertiary/aromatic N) is 3. The van der Waals surface area contributed by atoms with Crippen LogP contribution in [-0.2, 0) is 19.5 Å². The number of aromatic nitrogens is 3. The molecule has 158 valence electrons. The van der Waals surface area contributed by atoms with Crippen LogP contribution in [0.4, 0.5) is 5.69 Å². The molecule has 0 atom stereocenters. The minimum atomic E-state index is -0.0829. The second kappa shape index (κ2) is 7.53. The average molecular weight is 423 g/mol. The molecule has 5 aromatic rings. The number of aromatic amines is 1. The standard InChI is InChI=1S/C25H21N5O2/c31-25(30-11-7-19-18-3-1-2-4-20(18)29-23(19)15-30)24-16(8-12-32-24)14-28-17-5-6-21-22(13-17)27-10-9-26-21/h1-6,8-10,12-13,28-29H,7,11,14-15H2. The molecule has 0 unspecified atom stereocenters. The third-order valence-corrected chi connectivity index (χ3v) is 6.06. The molecule has 0 radical (unpaired) electrons. The fourth-order valence-electron chi connectivity index (χ4n) is 4.44. The number of rotatable bonds is 4. The summed E-state index contributed by atoms with van der Waals surface area (Å²) in [7, 11) is 0. The number of amides is 1. The third kappa shape index (κ3) is 3.19. The quantitative estimate of drug-likeness (QED) is 0.444. The predicted molar refractivity (Wildman–Crippen MR) is 122 cm³/mol. The van der Waals surface area contributed by atoms with Crippen LogP contribution in [0.2, 0.25) is 0 Å². The van der Waals surface area contributed by atoms with Gasteiger partial charge < -0.3 is 19.6 Å². The van der Waals surface area contributed by atoms with E-state index < -0.39 is 0 Å². The number of anilines is 1. The minimum absolute atomic E-state index is 0.0829. The van der Waals surface area contributed by atoms with Crippen molar-refractivity contribution >= 4 is 33.5 Å². The SMILES string of the molecule is O=C(c1occc1CNc1ccc2nccnc2c1)N1CCc2c([nH]c3ccccc23)C1. The van der Waals surface area contributed by atoms with Crippen molar-refractivity contribution in [2.45, 2.75) is 19.5 Å². The molecule has 32 heavy (non-hydrogen) atoms. The van der Waals surface area contributed by atoms with E-state index in [2.05, 4.69) is 38.5 Å². The molecule has 6 rings (SSSR count). The summed E-state index contributed by atoms with van der Waals surface area (Å²) >= 11 is 0. The number of hydrogen-bond donors (Lipinski definition) is 2. The summed E-state index contributed by atoms with van der Waals surface area (Å²) < 4.78 is 5.62. The highest BCUT2D eigenvalue weighted by Gasteiger charge is 2.27. The van der Waals surface area contributed by atoms with Gasteiger partial charge in [0.25, 0.3) is 5.91 Å². The van der Waals surface area contributed by atoms with E-state index in [4.69, 9.17) is 4.42 Å². The van der Waals surface area contributed by atoms with E-state index in [-0.39, 0.29) is 5.91 Å². The van der Waals surface area contributed by atoms with E-state index in [1.165, 1.54) is 10.9 Å². The van der Waals surface area contributed by atoms with Gasteiger partial charge >= 0.3 is 0 Å². The number of carbonyl (C=O) groups excluding carboxylic acids is 1. The highest BCUT2D eigenvalue weighted by Crippen LogP contribution is 2.28. The van der Waals surface area contributed by atoms with Gasteiger partial charge in [-0.3, -0.25) is 14.8 Å². The Balaban J connectivity index is 1.19. The van der Waals surface area contributed by atoms with Gasteiger partial charge in [-0.1, -0.05) is 18.2 Å². The molecule has 0 saturated carbocycles. The maximum Gasteiger partial charge on any atom is 0.290 e. The van der Waals surface area contributed by atoms with E-state index in [0.717, 1.165) is 39.9 Å². The van der Waals surface area contributed by atoms with E-state index in [1.54, 1.807) is 18.7 Å². The third-order valence-electron chi connectivity index (χ3n) is 6.06. The second-order valence-corrected chi connectivity index (χ2v) is 7.99. The zero-order valence-corrected chi connectivity index (χ0v) is 17.3. The number of benzene rings is 2. The summed E-state index contributed by atoms with van der Waals surface area (Å²) in [6, 6.07) is 16.0. The first kappa shape index (κ1) is 18.6. The zero-order valence-electron chi connectivity index (χ0n) is 17.3. The molecule has 0 bridgehead atoms. The lowest BCUT2D eigenvalue weighted by molar-refractivity contribution is 0.0699. The Labute approximate surface area is 184 Å². The Morgan fingerprint density at radius 3 is 2.91 bits per heavy atom. The molecule has 2 aromatic carbocycles. The van der Waals surface area contributed by atoms with E-state index in [1.807, 2.05) is 35.2 Å². The smallest absolute Gasteiger partial charge is 0.290 e. The molecular formula is C25H21N5O2. The zero-order chi connectivity index (χ0) is 21.5. The molecule has 3 aromatic heterocycles. The normalized spacial score (nSPS) is 13.4. The van der Waals surface area contributed by atoms with Crippen molar-refractivity contribution in [3.05, 3.63) is 89.8 Å². The lowest BCUT2D eigenvalue weighted by Crippen LogP contribution is -2.36. The summed E-state index contributed by atoms with van der Waals surface area (Å²) in [4.78, 5) is 27.2. The molecule has 2 N–H and O–H groups in total. The number of nitrogens with one attached hydrogen (secondary N) is 2. The second-order valence-electron chi connectivity index (χ2n) is 7.99. The van der Waals surface area contributed by atoms with Crippen LogP contribution in [0.25, 0.3) is 21.9 Å². The Kier molecular flexibility index (Phi) is 4.38. The van der Waals surface area contributed by atoms with Crippen LogP contribution in [0.5, 0.6) is 0 Å². The monoisotopic (exact) mass is 423 g/mol. The molecule has 1 amide bonds. The minimum Gasteiger partial charge on any atom is -0.459 e. The molecule has 4 heterocycles. The molecule has 1 aliphatic heterocycles. The summed E-state index contributed by atoms with van der Waals surface area (Å²) in [6.07, 6.45) is 5.76. The van der Waals surface area contributed by atoms with Gasteiger partial charge in [0.2, 0.25) is 0 Å². The van der Waals surface area contributed by atoms with Crippen LogP contribution < -0.4 is 5.32 Å². The fourth-order valence-corrected chi connectivity index (χ4v) is 4.44. The molecule has 7 heteroatoms. The Hall–Kier alpha value is -4.13. The van der Waals surface area contributed by atoms with E-state index in [9.17, 15) is 4.79 Å². The molecule has 0 fully saturated rings. The first-order valence-electron chi connectivity index (χ1n) is 10.6. The summed E-state index contributed by atoms with van der Waals surface area (Å²) in [5, 5.41) is 4.61. The van der Waals surface area contributed by atoms with Gasteiger partial charge in [-0.05, 0) is 42.3 Å².